The Morgan fingerprint density at radius 1 is 1.00 bits per heavy atom. The molecule has 0 aliphatic carbocycles. The fraction of sp³-hybridized carbons (Fsp3) is 0.200. The molecule has 0 saturated heterocycles. The van der Waals surface area contributed by atoms with Crippen LogP contribution in [-0.2, 0) is 11.3 Å². The van der Waals surface area contributed by atoms with Crippen molar-refractivity contribution in [3.05, 3.63) is 59.1 Å². The molecule has 2 aromatic carbocycles. The van der Waals surface area contributed by atoms with Gasteiger partial charge in [0, 0.05) is 10.9 Å². The molecule has 7 heteroatoms. The zero-order valence-corrected chi connectivity index (χ0v) is 16.0. The van der Waals surface area contributed by atoms with E-state index < -0.39 is 5.97 Å². The molecule has 0 N–H and O–H groups in total. The van der Waals surface area contributed by atoms with Gasteiger partial charge in [-0.1, -0.05) is 18.2 Å². The van der Waals surface area contributed by atoms with Gasteiger partial charge in [-0.15, -0.1) is 11.3 Å². The molecule has 0 fully saturated rings. The average molecular weight is 385 g/mol. The zero-order valence-electron chi connectivity index (χ0n) is 15.2. The molecule has 0 aliphatic heterocycles. The average Bonchev–Trinajstić information content (AvgIpc) is 3.20. The molecule has 0 saturated carbocycles. The van der Waals surface area contributed by atoms with Gasteiger partial charge in [0.15, 0.2) is 0 Å². The summed E-state index contributed by atoms with van der Waals surface area (Å²) >= 11 is 1.48. The van der Waals surface area contributed by atoms with E-state index >= 15 is 0 Å². The summed E-state index contributed by atoms with van der Waals surface area (Å²) in [5.41, 5.74) is 1.87. The van der Waals surface area contributed by atoms with Crippen molar-refractivity contribution in [1.82, 2.24) is 4.98 Å². The molecule has 0 unspecified atom stereocenters. The molecular formula is C20H19NO5S. The molecule has 0 aliphatic rings. The van der Waals surface area contributed by atoms with E-state index in [0.29, 0.717) is 17.2 Å². The van der Waals surface area contributed by atoms with Crippen molar-refractivity contribution < 1.29 is 23.7 Å². The normalized spacial score (nSPS) is 10.3. The second-order valence-corrected chi connectivity index (χ2v) is 6.35. The summed E-state index contributed by atoms with van der Waals surface area (Å²) in [5, 5.41) is 2.69. The van der Waals surface area contributed by atoms with Gasteiger partial charge in [0.2, 0.25) is 0 Å². The van der Waals surface area contributed by atoms with Crippen molar-refractivity contribution in [2.75, 3.05) is 21.3 Å². The van der Waals surface area contributed by atoms with Crippen LogP contribution in [0.2, 0.25) is 0 Å². The molecule has 3 rings (SSSR count). The number of hydrogen-bond donors (Lipinski definition) is 0. The molecule has 3 aromatic rings. The summed E-state index contributed by atoms with van der Waals surface area (Å²) in [7, 11) is 4.61. The predicted octanol–water partition coefficient (Wildman–Crippen LogP) is 4.19. The van der Waals surface area contributed by atoms with Crippen LogP contribution in [0.25, 0.3) is 10.6 Å². The maximum atomic E-state index is 12.5. The third-order valence-electron chi connectivity index (χ3n) is 3.85. The van der Waals surface area contributed by atoms with Gasteiger partial charge in [0.05, 0.1) is 27.0 Å². The van der Waals surface area contributed by atoms with Crippen molar-refractivity contribution in [1.29, 1.82) is 0 Å². The number of carbonyl (C=O) groups excluding carboxylic acids is 1. The minimum Gasteiger partial charge on any atom is -0.497 e. The van der Waals surface area contributed by atoms with E-state index in [0.717, 1.165) is 16.3 Å². The first-order valence-electron chi connectivity index (χ1n) is 8.13. The lowest BCUT2D eigenvalue weighted by Crippen LogP contribution is -2.09. The summed E-state index contributed by atoms with van der Waals surface area (Å²) in [6.07, 6.45) is 0. The van der Waals surface area contributed by atoms with Crippen LogP contribution in [0.4, 0.5) is 0 Å². The molecule has 0 amide bonds. The van der Waals surface area contributed by atoms with E-state index in [1.165, 1.54) is 25.6 Å². The molecule has 0 radical (unpaired) electrons. The lowest BCUT2D eigenvalue weighted by Gasteiger charge is -2.11. The lowest BCUT2D eigenvalue weighted by molar-refractivity contribution is 0.0461. The maximum absolute atomic E-state index is 12.5. The largest absolute Gasteiger partial charge is 0.497 e. The first-order chi connectivity index (χ1) is 13.2. The molecular weight excluding hydrogens is 366 g/mol. The summed E-state index contributed by atoms with van der Waals surface area (Å²) in [5.74, 6) is 1.03. The Bertz CT molecular complexity index is 915. The second-order valence-electron chi connectivity index (χ2n) is 5.49. The zero-order chi connectivity index (χ0) is 19.2. The number of methoxy groups -OCH3 is 3. The van der Waals surface area contributed by atoms with Crippen LogP contribution >= 0.6 is 11.3 Å². The number of rotatable bonds is 7. The third-order valence-corrected chi connectivity index (χ3v) is 4.79. The highest BCUT2D eigenvalue weighted by atomic mass is 32.1. The Balaban J connectivity index is 1.73. The highest BCUT2D eigenvalue weighted by Gasteiger charge is 2.20. The van der Waals surface area contributed by atoms with Crippen LogP contribution in [0.5, 0.6) is 17.2 Å². The van der Waals surface area contributed by atoms with Gasteiger partial charge in [0.25, 0.3) is 0 Å². The van der Waals surface area contributed by atoms with Crippen LogP contribution in [0, 0.1) is 0 Å². The van der Waals surface area contributed by atoms with Gasteiger partial charge in [-0.05, 0) is 24.3 Å². The van der Waals surface area contributed by atoms with Crippen LogP contribution in [-0.4, -0.2) is 32.3 Å². The maximum Gasteiger partial charge on any atom is 0.346 e. The van der Waals surface area contributed by atoms with E-state index in [-0.39, 0.29) is 12.2 Å². The van der Waals surface area contributed by atoms with Crippen LogP contribution < -0.4 is 14.2 Å². The molecule has 0 spiro atoms. The van der Waals surface area contributed by atoms with E-state index in [9.17, 15) is 4.79 Å². The molecule has 27 heavy (non-hydrogen) atoms. The van der Waals surface area contributed by atoms with E-state index in [1.807, 2.05) is 29.6 Å². The monoisotopic (exact) mass is 385 g/mol. The van der Waals surface area contributed by atoms with Crippen molar-refractivity contribution in [3.63, 3.8) is 0 Å². The number of nitrogens with zero attached hydrogens (tertiary/aromatic N) is 1. The third kappa shape index (κ3) is 4.20. The Morgan fingerprint density at radius 2 is 1.70 bits per heavy atom. The van der Waals surface area contributed by atoms with Crippen molar-refractivity contribution in [2.45, 2.75) is 6.61 Å². The molecule has 0 atom stereocenters. The van der Waals surface area contributed by atoms with E-state index in [1.54, 1.807) is 25.3 Å². The molecule has 1 aromatic heterocycles. The van der Waals surface area contributed by atoms with E-state index in [2.05, 4.69) is 4.98 Å². The van der Waals surface area contributed by atoms with Crippen LogP contribution in [0.1, 0.15) is 16.1 Å². The molecule has 140 valence electrons. The number of hydrogen-bond acceptors (Lipinski definition) is 7. The van der Waals surface area contributed by atoms with Gasteiger partial charge in [0.1, 0.15) is 34.4 Å². The van der Waals surface area contributed by atoms with Gasteiger partial charge >= 0.3 is 5.97 Å². The quantitative estimate of drug-likeness (QED) is 0.568. The topological polar surface area (TPSA) is 66.9 Å². The van der Waals surface area contributed by atoms with Crippen molar-refractivity contribution in [3.8, 4) is 27.8 Å². The SMILES string of the molecule is COc1cccc(-c2nc(COC(=O)c3c(OC)cccc3OC)cs2)c1. The summed E-state index contributed by atoms with van der Waals surface area (Å²) < 4.78 is 21.1. The first-order valence-corrected chi connectivity index (χ1v) is 9.01. The highest BCUT2D eigenvalue weighted by Crippen LogP contribution is 2.30. The minimum absolute atomic E-state index is 0.0561. The number of ether oxygens (including phenoxy) is 4. The number of carbonyl (C=O) groups is 1. The predicted molar refractivity (Wildman–Crippen MR) is 103 cm³/mol. The fourth-order valence-corrected chi connectivity index (χ4v) is 3.33. The van der Waals surface area contributed by atoms with Crippen LogP contribution in [0.3, 0.4) is 0 Å². The Hall–Kier alpha value is -3.06. The minimum atomic E-state index is -0.528. The van der Waals surface area contributed by atoms with Crippen LogP contribution in [0.15, 0.2) is 47.8 Å². The second kappa shape index (κ2) is 8.55. The Labute approximate surface area is 161 Å². The standard InChI is InChI=1S/C20H19NO5S/c1-23-15-7-4-6-13(10-15)19-21-14(12-27-19)11-26-20(22)18-16(24-2)8-5-9-17(18)25-3/h4-10,12H,11H2,1-3H3. The van der Waals surface area contributed by atoms with Gasteiger partial charge in [-0.2, -0.15) is 0 Å². The Morgan fingerprint density at radius 3 is 2.37 bits per heavy atom. The lowest BCUT2D eigenvalue weighted by atomic mass is 10.2. The fourth-order valence-electron chi connectivity index (χ4n) is 2.53. The highest BCUT2D eigenvalue weighted by molar-refractivity contribution is 7.13. The van der Waals surface area contributed by atoms with Gasteiger partial charge in [-0.3, -0.25) is 0 Å². The number of esters is 1. The Kier molecular flexibility index (Phi) is 5.93. The molecule has 6 nitrogen and oxygen atoms in total. The van der Waals surface area contributed by atoms with Gasteiger partial charge in [-0.25, -0.2) is 9.78 Å². The molecule has 1 heterocycles. The number of benzene rings is 2. The summed E-state index contributed by atoms with van der Waals surface area (Å²) in [4.78, 5) is 17.0. The summed E-state index contributed by atoms with van der Waals surface area (Å²) in [6.45, 7) is 0.0561. The first kappa shape index (κ1) is 18.7. The van der Waals surface area contributed by atoms with E-state index in [4.69, 9.17) is 18.9 Å². The molecule has 0 bridgehead atoms. The van der Waals surface area contributed by atoms with Crippen molar-refractivity contribution in [2.24, 2.45) is 0 Å². The smallest absolute Gasteiger partial charge is 0.346 e. The number of thiazole rings is 1. The van der Waals surface area contributed by atoms with Gasteiger partial charge < -0.3 is 18.9 Å². The number of aromatic nitrogens is 1. The van der Waals surface area contributed by atoms with Crippen molar-refractivity contribution >= 4 is 17.3 Å². The summed E-state index contributed by atoms with van der Waals surface area (Å²) in [6, 6.07) is 12.8.